The van der Waals surface area contributed by atoms with Crippen molar-refractivity contribution in [2.24, 2.45) is 0 Å². The first-order valence-electron chi connectivity index (χ1n) is 15.0. The first-order chi connectivity index (χ1) is 23.0. The van der Waals surface area contributed by atoms with Gasteiger partial charge >= 0.3 is 35.8 Å². The van der Waals surface area contributed by atoms with Crippen molar-refractivity contribution in [1.82, 2.24) is 0 Å². The Morgan fingerprint density at radius 2 is 0.438 bits per heavy atom. The standard InChI is InChI=1S/C36H36O12/c1-43-31(37)25-13-19-7-8-21-15-27(33(39)45-3)29(35(41)47-5)17-23(21)11-12-24-18-30(36(42)48-6)28(34(40)46-4)16-22(24)10-9-20(19)14-26(25)32(38)44-2/h13-18H,7-12H2,1-6H3. The van der Waals surface area contributed by atoms with E-state index in [4.69, 9.17) is 28.4 Å². The average molecular weight is 661 g/mol. The van der Waals surface area contributed by atoms with E-state index in [0.717, 1.165) is 33.4 Å². The molecule has 12 heteroatoms. The van der Waals surface area contributed by atoms with Gasteiger partial charge < -0.3 is 28.4 Å². The minimum Gasteiger partial charge on any atom is -0.465 e. The predicted molar refractivity (Wildman–Crippen MR) is 170 cm³/mol. The number of ether oxygens (including phenoxy) is 6. The van der Waals surface area contributed by atoms with E-state index in [1.807, 2.05) is 0 Å². The van der Waals surface area contributed by atoms with Gasteiger partial charge in [0.2, 0.25) is 0 Å². The lowest BCUT2D eigenvalue weighted by Gasteiger charge is -2.20. The molecule has 0 saturated carbocycles. The number of rotatable bonds is 6. The Labute approximate surface area is 277 Å². The first-order valence-corrected chi connectivity index (χ1v) is 15.0. The van der Waals surface area contributed by atoms with E-state index in [1.165, 1.54) is 42.7 Å². The lowest BCUT2D eigenvalue weighted by atomic mass is 9.85. The fourth-order valence-corrected chi connectivity index (χ4v) is 5.95. The lowest BCUT2D eigenvalue weighted by Crippen LogP contribution is -2.17. The zero-order chi connectivity index (χ0) is 35.1. The number of benzene rings is 3. The molecule has 0 saturated heterocycles. The molecular weight excluding hydrogens is 624 g/mol. The zero-order valence-electron chi connectivity index (χ0n) is 27.6. The van der Waals surface area contributed by atoms with E-state index in [1.54, 1.807) is 36.4 Å². The van der Waals surface area contributed by atoms with Crippen molar-refractivity contribution in [2.45, 2.75) is 38.5 Å². The van der Waals surface area contributed by atoms with Crippen molar-refractivity contribution in [3.63, 3.8) is 0 Å². The van der Waals surface area contributed by atoms with Crippen LogP contribution in [0.1, 0.15) is 95.5 Å². The molecule has 0 heterocycles. The van der Waals surface area contributed by atoms with Gasteiger partial charge in [0.05, 0.1) is 76.0 Å². The van der Waals surface area contributed by atoms with Gasteiger partial charge in [-0.05, 0) is 108 Å². The molecule has 3 aromatic rings. The fourth-order valence-electron chi connectivity index (χ4n) is 5.95. The Balaban J connectivity index is 2.01. The molecule has 12 nitrogen and oxygen atoms in total. The van der Waals surface area contributed by atoms with E-state index >= 15 is 0 Å². The van der Waals surface area contributed by atoms with Crippen LogP contribution in [-0.4, -0.2) is 78.5 Å². The Hall–Kier alpha value is -5.52. The molecule has 0 bridgehead atoms. The summed E-state index contributed by atoms with van der Waals surface area (Å²) in [4.78, 5) is 76.8. The van der Waals surface area contributed by atoms with Gasteiger partial charge in [-0.1, -0.05) is 0 Å². The molecule has 0 atom stereocenters. The van der Waals surface area contributed by atoms with Gasteiger partial charge in [-0.25, -0.2) is 28.8 Å². The van der Waals surface area contributed by atoms with Crippen molar-refractivity contribution in [2.75, 3.05) is 42.7 Å². The molecule has 0 radical (unpaired) electrons. The van der Waals surface area contributed by atoms with E-state index in [0.29, 0.717) is 38.5 Å². The maximum Gasteiger partial charge on any atom is 0.338 e. The van der Waals surface area contributed by atoms with Crippen LogP contribution in [0.25, 0.3) is 0 Å². The molecule has 252 valence electrons. The van der Waals surface area contributed by atoms with Crippen molar-refractivity contribution in [3.8, 4) is 0 Å². The monoisotopic (exact) mass is 660 g/mol. The summed E-state index contributed by atoms with van der Waals surface area (Å²) in [6.45, 7) is 0. The molecule has 0 spiro atoms. The van der Waals surface area contributed by atoms with Crippen molar-refractivity contribution < 1.29 is 57.2 Å². The molecule has 0 amide bonds. The van der Waals surface area contributed by atoms with Crippen LogP contribution in [0.2, 0.25) is 0 Å². The summed E-state index contributed by atoms with van der Waals surface area (Å²) in [6, 6.07) is 9.61. The van der Waals surface area contributed by atoms with Crippen molar-refractivity contribution >= 4 is 35.8 Å². The second-order valence-electron chi connectivity index (χ2n) is 10.9. The number of fused-ring (bicyclic) bond motifs is 3. The van der Waals surface area contributed by atoms with Gasteiger partial charge in [-0.15, -0.1) is 0 Å². The number of esters is 6. The number of hydrogen-bond acceptors (Lipinski definition) is 12. The molecule has 3 aromatic carbocycles. The number of carbonyl (C=O) groups excluding carboxylic acids is 6. The summed E-state index contributed by atoms with van der Waals surface area (Å²) >= 11 is 0. The minimum atomic E-state index is -0.719. The highest BCUT2D eigenvalue weighted by atomic mass is 16.5. The Kier molecular flexibility index (Phi) is 11.3. The van der Waals surface area contributed by atoms with E-state index in [9.17, 15) is 28.8 Å². The van der Waals surface area contributed by atoms with Crippen LogP contribution in [-0.2, 0) is 66.9 Å². The topological polar surface area (TPSA) is 158 Å². The summed E-state index contributed by atoms with van der Waals surface area (Å²) < 4.78 is 29.8. The maximum atomic E-state index is 12.8. The van der Waals surface area contributed by atoms with Crippen molar-refractivity contribution in [3.05, 3.63) is 103 Å². The van der Waals surface area contributed by atoms with E-state index in [2.05, 4.69) is 0 Å². The summed E-state index contributed by atoms with van der Waals surface area (Å²) in [6.07, 6.45) is 2.29. The normalized spacial score (nSPS) is 12.4. The van der Waals surface area contributed by atoms with Crippen LogP contribution in [0.15, 0.2) is 36.4 Å². The zero-order valence-corrected chi connectivity index (χ0v) is 27.6. The van der Waals surface area contributed by atoms with Crippen LogP contribution < -0.4 is 0 Å². The van der Waals surface area contributed by atoms with Gasteiger partial charge in [0, 0.05) is 0 Å². The van der Waals surface area contributed by atoms with E-state index < -0.39 is 35.8 Å². The highest BCUT2D eigenvalue weighted by Gasteiger charge is 2.26. The lowest BCUT2D eigenvalue weighted by molar-refractivity contribution is 0.0555. The van der Waals surface area contributed by atoms with Gasteiger partial charge in [0.1, 0.15) is 0 Å². The van der Waals surface area contributed by atoms with Crippen LogP contribution in [0.3, 0.4) is 0 Å². The highest BCUT2D eigenvalue weighted by Crippen LogP contribution is 2.29. The third kappa shape index (κ3) is 7.22. The number of methoxy groups -OCH3 is 6. The molecule has 1 aliphatic carbocycles. The predicted octanol–water partition coefficient (Wildman–Crippen LogP) is 4.08. The smallest absolute Gasteiger partial charge is 0.338 e. The van der Waals surface area contributed by atoms with Crippen LogP contribution in [0, 0.1) is 0 Å². The van der Waals surface area contributed by atoms with Crippen LogP contribution in [0.4, 0.5) is 0 Å². The van der Waals surface area contributed by atoms with Crippen LogP contribution in [0.5, 0.6) is 0 Å². The molecular formula is C36H36O12. The van der Waals surface area contributed by atoms with Gasteiger partial charge in [-0.2, -0.15) is 0 Å². The number of carbonyl (C=O) groups is 6. The maximum absolute atomic E-state index is 12.8. The molecule has 48 heavy (non-hydrogen) atoms. The second kappa shape index (κ2) is 15.4. The van der Waals surface area contributed by atoms with Gasteiger partial charge in [0.15, 0.2) is 0 Å². The quantitative estimate of drug-likeness (QED) is 0.276. The average Bonchev–Trinajstić information content (AvgIpc) is 3.12. The van der Waals surface area contributed by atoms with Gasteiger partial charge in [0.25, 0.3) is 0 Å². The Morgan fingerprint density at radius 1 is 0.312 bits per heavy atom. The molecule has 1 aliphatic rings. The molecule has 0 unspecified atom stereocenters. The number of aryl methyl sites for hydroxylation is 6. The summed E-state index contributed by atoms with van der Waals surface area (Å²) in [7, 11) is 7.28. The minimum absolute atomic E-state index is 0.0304. The molecule has 0 fully saturated rings. The Morgan fingerprint density at radius 3 is 0.542 bits per heavy atom. The third-order valence-electron chi connectivity index (χ3n) is 8.44. The highest BCUT2D eigenvalue weighted by molar-refractivity contribution is 6.05. The molecule has 0 N–H and O–H groups in total. The molecule has 0 aromatic heterocycles. The van der Waals surface area contributed by atoms with Crippen molar-refractivity contribution in [1.29, 1.82) is 0 Å². The first kappa shape index (κ1) is 35.3. The van der Waals surface area contributed by atoms with E-state index in [-0.39, 0.29) is 33.4 Å². The summed E-state index contributed by atoms with van der Waals surface area (Å²) in [5.41, 5.74) is 4.56. The largest absolute Gasteiger partial charge is 0.465 e. The SMILES string of the molecule is COC(=O)c1cc2c(cc1C(=O)OC)CCc1cc(C(=O)OC)c(C(=O)OC)cc1CCc1cc(C(=O)OC)c(C(=O)OC)cc1CC2. The molecule has 0 aliphatic heterocycles. The second-order valence-corrected chi connectivity index (χ2v) is 10.9. The third-order valence-corrected chi connectivity index (χ3v) is 8.44. The van der Waals surface area contributed by atoms with Crippen LogP contribution >= 0.6 is 0 Å². The Bertz CT molecular complexity index is 1470. The number of hydrogen-bond donors (Lipinski definition) is 0. The fraction of sp³-hybridized carbons (Fsp3) is 0.333. The molecule has 4 rings (SSSR count). The van der Waals surface area contributed by atoms with Gasteiger partial charge in [-0.3, -0.25) is 0 Å². The summed E-state index contributed by atoms with van der Waals surface area (Å²) in [5, 5.41) is 0. The summed E-state index contributed by atoms with van der Waals surface area (Å²) in [5.74, 6) is -4.31.